The first-order chi connectivity index (χ1) is 7.81. The lowest BCUT2D eigenvalue weighted by atomic mass is 10.2. The van der Waals surface area contributed by atoms with Crippen molar-refractivity contribution in [1.82, 2.24) is 9.55 Å². The molecule has 0 fully saturated rings. The second-order valence-corrected chi connectivity index (χ2v) is 3.57. The van der Waals surface area contributed by atoms with Gasteiger partial charge in [0.05, 0.1) is 18.5 Å². The van der Waals surface area contributed by atoms with Gasteiger partial charge in [-0.2, -0.15) is 0 Å². The summed E-state index contributed by atoms with van der Waals surface area (Å²) in [5.74, 6) is 0.841. The topological polar surface area (TPSA) is 38.0 Å². The van der Waals surface area contributed by atoms with Gasteiger partial charge in [-0.05, 0) is 11.6 Å². The van der Waals surface area contributed by atoms with Crippen LogP contribution < -0.4 is 0 Å². The molecule has 3 nitrogen and oxygen atoms in total. The number of hydrogen-bond acceptors (Lipinski definition) is 2. The van der Waals surface area contributed by atoms with Crippen molar-refractivity contribution in [2.24, 2.45) is 7.05 Å². The molecule has 0 aliphatic carbocycles. The maximum absolute atomic E-state index is 9.03. The van der Waals surface area contributed by atoms with Crippen LogP contribution in [0, 0.1) is 0 Å². The fraction of sp³-hybridized carbons (Fsp3) is 0.154. The molecule has 0 radical (unpaired) electrons. The van der Waals surface area contributed by atoms with Crippen LogP contribution in [0.5, 0.6) is 0 Å². The third-order valence-electron chi connectivity index (χ3n) is 2.51. The number of aliphatic hydroxyl groups excluding tert-OH is 1. The van der Waals surface area contributed by atoms with E-state index in [1.165, 1.54) is 0 Å². The van der Waals surface area contributed by atoms with E-state index in [2.05, 4.69) is 4.98 Å². The summed E-state index contributed by atoms with van der Waals surface area (Å²) >= 11 is 0. The van der Waals surface area contributed by atoms with E-state index < -0.39 is 0 Å². The van der Waals surface area contributed by atoms with E-state index in [0.717, 1.165) is 17.1 Å². The molecule has 1 aromatic carbocycles. The molecule has 0 aliphatic rings. The average Bonchev–Trinajstić information content (AvgIpc) is 2.69. The quantitative estimate of drug-likeness (QED) is 0.849. The van der Waals surface area contributed by atoms with Gasteiger partial charge in [0, 0.05) is 7.05 Å². The van der Waals surface area contributed by atoms with Crippen molar-refractivity contribution in [1.29, 1.82) is 0 Å². The first-order valence-corrected chi connectivity index (χ1v) is 5.16. The minimum atomic E-state index is 0.0165. The molecule has 0 saturated carbocycles. The molecular formula is C13H14N2O. The van der Waals surface area contributed by atoms with E-state index >= 15 is 0 Å². The second-order valence-electron chi connectivity index (χ2n) is 3.57. The van der Waals surface area contributed by atoms with Gasteiger partial charge >= 0.3 is 0 Å². The van der Waals surface area contributed by atoms with E-state index in [9.17, 15) is 0 Å². The predicted molar refractivity (Wildman–Crippen MR) is 64.5 cm³/mol. The zero-order chi connectivity index (χ0) is 11.4. The summed E-state index contributed by atoms with van der Waals surface area (Å²) in [7, 11) is 1.89. The zero-order valence-corrected chi connectivity index (χ0v) is 9.17. The third-order valence-corrected chi connectivity index (χ3v) is 2.51. The van der Waals surface area contributed by atoms with Crippen LogP contribution in [0.4, 0.5) is 0 Å². The van der Waals surface area contributed by atoms with Crippen LogP contribution in [0.1, 0.15) is 17.1 Å². The fourth-order valence-electron chi connectivity index (χ4n) is 1.50. The maximum Gasteiger partial charge on any atom is 0.132 e. The van der Waals surface area contributed by atoms with Gasteiger partial charge in [0.1, 0.15) is 5.82 Å². The van der Waals surface area contributed by atoms with Crippen LogP contribution in [0.3, 0.4) is 0 Å². The Balaban J connectivity index is 2.21. The van der Waals surface area contributed by atoms with Gasteiger partial charge in [0.2, 0.25) is 0 Å². The minimum absolute atomic E-state index is 0.0165. The van der Waals surface area contributed by atoms with Crippen molar-refractivity contribution < 1.29 is 5.11 Å². The molecule has 1 aromatic heterocycles. The summed E-state index contributed by atoms with van der Waals surface area (Å²) in [5, 5.41) is 9.03. The van der Waals surface area contributed by atoms with Gasteiger partial charge in [-0.15, -0.1) is 0 Å². The molecule has 2 rings (SSSR count). The highest BCUT2D eigenvalue weighted by Crippen LogP contribution is 2.08. The molecule has 0 amide bonds. The summed E-state index contributed by atoms with van der Waals surface area (Å²) in [6, 6.07) is 10.1. The van der Waals surface area contributed by atoms with Crippen LogP contribution in [0.15, 0.2) is 36.5 Å². The molecule has 0 spiro atoms. The maximum atomic E-state index is 9.03. The van der Waals surface area contributed by atoms with Crippen molar-refractivity contribution in [3.8, 4) is 0 Å². The normalized spacial score (nSPS) is 11.1. The summed E-state index contributed by atoms with van der Waals surface area (Å²) < 4.78 is 1.87. The largest absolute Gasteiger partial charge is 0.390 e. The molecule has 0 unspecified atom stereocenters. The highest BCUT2D eigenvalue weighted by molar-refractivity contribution is 5.66. The average molecular weight is 214 g/mol. The molecular weight excluding hydrogens is 200 g/mol. The number of nitrogens with zero attached hydrogens (tertiary/aromatic N) is 2. The van der Waals surface area contributed by atoms with Crippen LogP contribution in [-0.2, 0) is 13.7 Å². The lowest BCUT2D eigenvalue weighted by Crippen LogP contribution is -1.97. The smallest absolute Gasteiger partial charge is 0.132 e. The number of rotatable bonds is 3. The predicted octanol–water partition coefficient (Wildman–Crippen LogP) is 2.08. The Morgan fingerprint density at radius 2 is 2.00 bits per heavy atom. The van der Waals surface area contributed by atoms with E-state index in [4.69, 9.17) is 5.11 Å². The summed E-state index contributed by atoms with van der Waals surface area (Å²) in [4.78, 5) is 4.22. The Morgan fingerprint density at radius 1 is 1.25 bits per heavy atom. The number of benzene rings is 1. The van der Waals surface area contributed by atoms with Gasteiger partial charge in [-0.1, -0.05) is 36.4 Å². The Kier molecular flexibility index (Phi) is 3.17. The van der Waals surface area contributed by atoms with Crippen LogP contribution in [0.2, 0.25) is 0 Å². The van der Waals surface area contributed by atoms with E-state index in [1.54, 1.807) is 6.20 Å². The van der Waals surface area contributed by atoms with Crippen molar-refractivity contribution in [3.05, 3.63) is 53.6 Å². The zero-order valence-electron chi connectivity index (χ0n) is 9.17. The van der Waals surface area contributed by atoms with Gasteiger partial charge in [0.25, 0.3) is 0 Å². The van der Waals surface area contributed by atoms with Crippen molar-refractivity contribution in [2.45, 2.75) is 6.61 Å². The number of aromatic nitrogens is 2. The Bertz CT molecular complexity index is 486. The number of aliphatic hydroxyl groups is 1. The third kappa shape index (κ3) is 2.20. The Hall–Kier alpha value is -1.87. The van der Waals surface area contributed by atoms with Crippen LogP contribution >= 0.6 is 0 Å². The number of hydrogen-bond donors (Lipinski definition) is 1. The molecule has 16 heavy (non-hydrogen) atoms. The lowest BCUT2D eigenvalue weighted by molar-refractivity contribution is 0.272. The van der Waals surface area contributed by atoms with Crippen molar-refractivity contribution in [2.75, 3.05) is 0 Å². The van der Waals surface area contributed by atoms with Crippen LogP contribution in [0.25, 0.3) is 12.2 Å². The SMILES string of the molecule is Cn1c(CO)cnc1C=Cc1ccccc1. The molecule has 0 saturated heterocycles. The standard InChI is InChI=1S/C13H14N2O/c1-15-12(10-16)9-14-13(15)8-7-11-5-3-2-4-6-11/h2-9,16H,10H2,1H3. The van der Waals surface area contributed by atoms with Gasteiger partial charge in [-0.3, -0.25) is 0 Å². The van der Waals surface area contributed by atoms with Gasteiger partial charge in [-0.25, -0.2) is 4.98 Å². The Labute approximate surface area is 94.7 Å². The van der Waals surface area contributed by atoms with Crippen LogP contribution in [-0.4, -0.2) is 14.7 Å². The molecule has 0 bridgehead atoms. The first kappa shape index (κ1) is 10.6. The molecule has 0 atom stereocenters. The molecule has 82 valence electrons. The second kappa shape index (κ2) is 4.77. The summed E-state index contributed by atoms with van der Waals surface area (Å²) in [6.45, 7) is 0.0165. The van der Waals surface area contributed by atoms with E-state index in [0.29, 0.717) is 0 Å². The van der Waals surface area contributed by atoms with Crippen molar-refractivity contribution >= 4 is 12.2 Å². The molecule has 1 N–H and O–H groups in total. The van der Waals surface area contributed by atoms with Gasteiger partial charge < -0.3 is 9.67 Å². The first-order valence-electron chi connectivity index (χ1n) is 5.16. The van der Waals surface area contributed by atoms with Crippen molar-refractivity contribution in [3.63, 3.8) is 0 Å². The molecule has 0 aliphatic heterocycles. The minimum Gasteiger partial charge on any atom is -0.390 e. The van der Waals surface area contributed by atoms with E-state index in [-0.39, 0.29) is 6.61 Å². The highest BCUT2D eigenvalue weighted by atomic mass is 16.3. The molecule has 2 aromatic rings. The lowest BCUT2D eigenvalue weighted by Gasteiger charge is -1.99. The fourth-order valence-corrected chi connectivity index (χ4v) is 1.50. The molecule has 3 heteroatoms. The molecule has 1 heterocycles. The highest BCUT2D eigenvalue weighted by Gasteiger charge is 2.01. The number of imidazole rings is 1. The Morgan fingerprint density at radius 3 is 2.62 bits per heavy atom. The summed E-state index contributed by atoms with van der Waals surface area (Å²) in [5.41, 5.74) is 1.95. The summed E-state index contributed by atoms with van der Waals surface area (Å²) in [6.07, 6.45) is 5.63. The monoisotopic (exact) mass is 214 g/mol. The van der Waals surface area contributed by atoms with Gasteiger partial charge in [0.15, 0.2) is 0 Å². The van der Waals surface area contributed by atoms with E-state index in [1.807, 2.05) is 54.1 Å².